The summed E-state index contributed by atoms with van der Waals surface area (Å²) in [6, 6.07) is 0.373. The molecule has 1 saturated carbocycles. The van der Waals surface area contributed by atoms with Crippen LogP contribution in [0.15, 0.2) is 6.20 Å². The predicted molar refractivity (Wildman–Crippen MR) is 54.0 cm³/mol. The van der Waals surface area contributed by atoms with Gasteiger partial charge in [0.2, 0.25) is 0 Å². The zero-order valence-electron chi connectivity index (χ0n) is 8.70. The van der Waals surface area contributed by atoms with Crippen LogP contribution < -0.4 is 5.32 Å². The number of aliphatic hydroxyl groups excluding tert-OH is 1. The molecule has 7 heteroatoms. The number of aliphatic hydroxyl groups is 1. The molecule has 1 aromatic heterocycles. The largest absolute Gasteiger partial charge is 0.476 e. The lowest BCUT2D eigenvalue weighted by Crippen LogP contribution is -2.45. The Morgan fingerprint density at radius 1 is 1.62 bits per heavy atom. The Balaban J connectivity index is 1.70. The van der Waals surface area contributed by atoms with Crippen LogP contribution in [0.4, 0.5) is 0 Å². The van der Waals surface area contributed by atoms with Crippen molar-refractivity contribution in [2.24, 2.45) is 0 Å². The quantitative estimate of drug-likeness (QED) is 0.601. The van der Waals surface area contributed by atoms with Crippen LogP contribution >= 0.6 is 0 Å². The summed E-state index contributed by atoms with van der Waals surface area (Å²) in [5, 5.41) is 28.1. The lowest BCUT2D eigenvalue weighted by molar-refractivity contribution is 0.0622. The van der Waals surface area contributed by atoms with Crippen LogP contribution in [0.2, 0.25) is 0 Å². The second-order valence-corrected chi connectivity index (χ2v) is 3.95. The third-order valence-electron chi connectivity index (χ3n) is 2.64. The first-order chi connectivity index (χ1) is 7.65. The van der Waals surface area contributed by atoms with E-state index in [4.69, 9.17) is 10.2 Å². The summed E-state index contributed by atoms with van der Waals surface area (Å²) in [4.78, 5) is 10.5. The number of aromatic nitrogens is 3. The molecule has 0 aromatic carbocycles. The number of aromatic carboxylic acids is 1. The summed E-state index contributed by atoms with van der Waals surface area (Å²) in [5.41, 5.74) is -0.0425. The average molecular weight is 226 g/mol. The van der Waals surface area contributed by atoms with Crippen LogP contribution in [0, 0.1) is 0 Å². The predicted octanol–water partition coefficient (Wildman–Crippen LogP) is -0.911. The Morgan fingerprint density at radius 3 is 2.94 bits per heavy atom. The fourth-order valence-corrected chi connectivity index (χ4v) is 1.64. The van der Waals surface area contributed by atoms with Gasteiger partial charge in [0.05, 0.1) is 18.8 Å². The second-order valence-electron chi connectivity index (χ2n) is 3.95. The van der Waals surface area contributed by atoms with E-state index in [1.54, 1.807) is 0 Å². The van der Waals surface area contributed by atoms with Gasteiger partial charge in [0.15, 0.2) is 5.69 Å². The normalized spacial score (nSPS) is 24.1. The maximum absolute atomic E-state index is 10.5. The Kier molecular flexibility index (Phi) is 3.16. The van der Waals surface area contributed by atoms with Crippen molar-refractivity contribution in [2.45, 2.75) is 31.5 Å². The first kappa shape index (κ1) is 11.0. The molecular formula is C9H14N4O3. The molecule has 0 radical (unpaired) electrons. The number of carbonyl (C=O) groups is 1. The SMILES string of the molecule is O=C(O)c1cn(CCNC2CC(O)C2)nn1. The summed E-state index contributed by atoms with van der Waals surface area (Å²) in [6.07, 6.45) is 2.82. The number of carboxylic acid groups (broad SMARTS) is 1. The third kappa shape index (κ3) is 2.56. The van der Waals surface area contributed by atoms with E-state index < -0.39 is 5.97 Å². The maximum Gasteiger partial charge on any atom is 0.358 e. The van der Waals surface area contributed by atoms with E-state index >= 15 is 0 Å². The molecule has 0 unspecified atom stereocenters. The van der Waals surface area contributed by atoms with E-state index in [1.807, 2.05) is 0 Å². The molecule has 1 aliphatic carbocycles. The fourth-order valence-electron chi connectivity index (χ4n) is 1.64. The molecule has 0 aliphatic heterocycles. The van der Waals surface area contributed by atoms with E-state index in [1.165, 1.54) is 10.9 Å². The van der Waals surface area contributed by atoms with Gasteiger partial charge in [0.25, 0.3) is 0 Å². The smallest absolute Gasteiger partial charge is 0.358 e. The van der Waals surface area contributed by atoms with Crippen molar-refractivity contribution in [3.8, 4) is 0 Å². The Bertz CT molecular complexity index is 373. The zero-order valence-corrected chi connectivity index (χ0v) is 8.70. The highest BCUT2D eigenvalue weighted by Gasteiger charge is 2.26. The van der Waals surface area contributed by atoms with Crippen LogP contribution in [0.5, 0.6) is 0 Å². The van der Waals surface area contributed by atoms with Gasteiger partial charge in [-0.3, -0.25) is 4.68 Å². The molecule has 1 fully saturated rings. The molecule has 0 bridgehead atoms. The van der Waals surface area contributed by atoms with Gasteiger partial charge < -0.3 is 15.5 Å². The molecule has 2 rings (SSSR count). The Morgan fingerprint density at radius 2 is 2.38 bits per heavy atom. The number of carboxylic acids is 1. The van der Waals surface area contributed by atoms with Crippen LogP contribution in [0.25, 0.3) is 0 Å². The van der Waals surface area contributed by atoms with Crippen molar-refractivity contribution >= 4 is 5.97 Å². The summed E-state index contributed by atoms with van der Waals surface area (Å²) in [5.74, 6) is -1.07. The minimum Gasteiger partial charge on any atom is -0.476 e. The molecular weight excluding hydrogens is 212 g/mol. The average Bonchev–Trinajstić information content (AvgIpc) is 2.63. The summed E-state index contributed by atoms with van der Waals surface area (Å²) >= 11 is 0. The summed E-state index contributed by atoms with van der Waals surface area (Å²) in [6.45, 7) is 1.27. The highest BCUT2D eigenvalue weighted by atomic mass is 16.4. The van der Waals surface area contributed by atoms with Gasteiger partial charge in [-0.2, -0.15) is 0 Å². The Hall–Kier alpha value is -1.47. The number of nitrogens with zero attached hydrogens (tertiary/aromatic N) is 3. The molecule has 1 aromatic rings. The van der Waals surface area contributed by atoms with E-state index in [-0.39, 0.29) is 11.8 Å². The summed E-state index contributed by atoms with van der Waals surface area (Å²) < 4.78 is 1.49. The van der Waals surface area contributed by atoms with E-state index in [2.05, 4.69) is 15.6 Å². The molecule has 88 valence electrons. The molecule has 1 aliphatic rings. The minimum absolute atomic E-state index is 0.0425. The lowest BCUT2D eigenvalue weighted by Gasteiger charge is -2.32. The van der Waals surface area contributed by atoms with Gasteiger partial charge in [-0.15, -0.1) is 5.10 Å². The van der Waals surface area contributed by atoms with Crippen LogP contribution in [-0.4, -0.2) is 49.9 Å². The molecule has 0 amide bonds. The third-order valence-corrected chi connectivity index (χ3v) is 2.64. The standard InChI is InChI=1S/C9H14N4O3/c14-7-3-6(4-7)10-1-2-13-5-8(9(15)16)11-12-13/h5-7,10,14H,1-4H2,(H,15,16). The number of rotatable bonds is 5. The molecule has 0 atom stereocenters. The monoisotopic (exact) mass is 226 g/mol. The lowest BCUT2D eigenvalue weighted by atomic mass is 9.90. The minimum atomic E-state index is -1.07. The zero-order chi connectivity index (χ0) is 11.5. The molecule has 0 spiro atoms. The van der Waals surface area contributed by atoms with Crippen LogP contribution in [-0.2, 0) is 6.54 Å². The molecule has 1 heterocycles. The molecule has 16 heavy (non-hydrogen) atoms. The number of hydrogen-bond donors (Lipinski definition) is 3. The number of hydrogen-bond acceptors (Lipinski definition) is 5. The Labute approximate surface area is 92.1 Å². The van der Waals surface area contributed by atoms with E-state index in [0.29, 0.717) is 19.1 Å². The van der Waals surface area contributed by atoms with Gasteiger partial charge in [-0.05, 0) is 12.8 Å². The second kappa shape index (κ2) is 4.58. The van der Waals surface area contributed by atoms with Gasteiger partial charge in [-0.1, -0.05) is 5.21 Å². The van der Waals surface area contributed by atoms with Crippen molar-refractivity contribution < 1.29 is 15.0 Å². The highest BCUT2D eigenvalue weighted by molar-refractivity contribution is 5.84. The molecule has 0 saturated heterocycles. The molecule has 7 nitrogen and oxygen atoms in total. The fraction of sp³-hybridized carbons (Fsp3) is 0.667. The van der Waals surface area contributed by atoms with Gasteiger partial charge in [-0.25, -0.2) is 4.79 Å². The highest BCUT2D eigenvalue weighted by Crippen LogP contribution is 2.18. The van der Waals surface area contributed by atoms with Gasteiger partial charge in [0, 0.05) is 12.6 Å². The first-order valence-corrected chi connectivity index (χ1v) is 5.20. The topological polar surface area (TPSA) is 100 Å². The van der Waals surface area contributed by atoms with Gasteiger partial charge >= 0.3 is 5.97 Å². The van der Waals surface area contributed by atoms with E-state index in [0.717, 1.165) is 12.8 Å². The van der Waals surface area contributed by atoms with Crippen molar-refractivity contribution in [2.75, 3.05) is 6.54 Å². The van der Waals surface area contributed by atoms with E-state index in [9.17, 15) is 4.79 Å². The van der Waals surface area contributed by atoms with Crippen LogP contribution in [0.3, 0.4) is 0 Å². The van der Waals surface area contributed by atoms with Crippen LogP contribution in [0.1, 0.15) is 23.3 Å². The summed E-state index contributed by atoms with van der Waals surface area (Å²) in [7, 11) is 0. The van der Waals surface area contributed by atoms with Crippen molar-refractivity contribution in [1.29, 1.82) is 0 Å². The number of nitrogens with one attached hydrogen (secondary N) is 1. The van der Waals surface area contributed by atoms with Crippen molar-refractivity contribution in [1.82, 2.24) is 20.3 Å². The first-order valence-electron chi connectivity index (χ1n) is 5.20. The van der Waals surface area contributed by atoms with Crippen molar-refractivity contribution in [3.63, 3.8) is 0 Å². The molecule has 3 N–H and O–H groups in total. The van der Waals surface area contributed by atoms with Gasteiger partial charge in [0.1, 0.15) is 0 Å². The maximum atomic E-state index is 10.5. The van der Waals surface area contributed by atoms with Crippen molar-refractivity contribution in [3.05, 3.63) is 11.9 Å².